The van der Waals surface area contributed by atoms with Gasteiger partial charge in [0.05, 0.1) is 22.6 Å². The second-order valence-corrected chi connectivity index (χ2v) is 34.3. The Morgan fingerprint density at radius 1 is 0.289 bits per heavy atom. The van der Waals surface area contributed by atoms with Crippen molar-refractivity contribution in [3.8, 4) is 0 Å². The van der Waals surface area contributed by atoms with Crippen molar-refractivity contribution in [3.63, 3.8) is 0 Å². The predicted octanol–water partition coefficient (Wildman–Crippen LogP) is 28.9. The summed E-state index contributed by atoms with van der Waals surface area (Å²) in [6, 6.07) is 54.3. The van der Waals surface area contributed by atoms with Crippen molar-refractivity contribution in [2.75, 3.05) is 0 Å². The lowest BCUT2D eigenvalue weighted by Gasteiger charge is -2.20. The summed E-state index contributed by atoms with van der Waals surface area (Å²) in [5.41, 5.74) is 16.2. The van der Waals surface area contributed by atoms with E-state index >= 15 is 0 Å². The molecule has 0 saturated carbocycles. The third-order valence-corrected chi connectivity index (χ3v) is 17.3. The molecule has 9 aromatic rings. The van der Waals surface area contributed by atoms with E-state index in [9.17, 15) is 0 Å². The van der Waals surface area contributed by atoms with Crippen LogP contribution in [0.3, 0.4) is 0 Å². The van der Waals surface area contributed by atoms with Crippen molar-refractivity contribution in [2.45, 2.75) is 230 Å². The van der Waals surface area contributed by atoms with Crippen LogP contribution in [-0.2, 0) is 43.3 Å². The molecule has 0 aliphatic carbocycles. The first-order valence-corrected chi connectivity index (χ1v) is 34.2. The van der Waals surface area contributed by atoms with E-state index in [1.54, 1.807) is 29.9 Å². The molecule has 0 atom stereocenters. The van der Waals surface area contributed by atoms with Crippen molar-refractivity contribution >= 4 is 80.1 Å². The van der Waals surface area contributed by atoms with Crippen LogP contribution in [0.15, 0.2) is 185 Å². The van der Waals surface area contributed by atoms with Gasteiger partial charge in [-0.3, -0.25) is 0 Å². The standard InChI is InChI=1S/C14H16.C12H18.C11H15Cl.2C10H12Cl2.C10H14.C8H12O.C8H12S/c1-14(2,3)13-9-8-11-6-4-5-7-12(11)10-13;1-9-6-7-11(8-10(9)2)12(3,4)5;1-8-5-6-9(7-10(8)12)11(2,3)4;1-10(2,3)8-5-4-7(11)6-9(8)12;1-10(2,3)7-4-5-8(11)9(12)6-7;1-10(2,3)9-7-5-4-6-8-9;2*1-8(2,3)7-4-5-9-6-7/h4-10H,1-3H3;6-8H,1-5H3;5-7H,1-4H3;2*4-6H,1-3H3;4-8H,1-3H3;2*4-6H,1-3H3. The van der Waals surface area contributed by atoms with Gasteiger partial charge in [-0.2, -0.15) is 11.3 Å². The van der Waals surface area contributed by atoms with E-state index in [1.807, 2.05) is 43.3 Å². The molecule has 0 unspecified atom stereocenters. The Balaban J connectivity index is 0.000000352. The van der Waals surface area contributed by atoms with Crippen molar-refractivity contribution in [1.29, 1.82) is 0 Å². The molecule has 490 valence electrons. The summed E-state index contributed by atoms with van der Waals surface area (Å²) in [6.45, 7) is 59.1. The molecule has 0 N–H and O–H groups in total. The average Bonchev–Trinajstić information content (AvgIpc) is 3.21. The molecule has 0 saturated heterocycles. The maximum Gasteiger partial charge on any atom is 0.0939 e. The Morgan fingerprint density at radius 3 is 1.10 bits per heavy atom. The molecule has 0 bridgehead atoms. The first kappa shape index (κ1) is 81.3. The van der Waals surface area contributed by atoms with Crippen LogP contribution in [0, 0.1) is 20.8 Å². The minimum atomic E-state index is 0.0850. The summed E-state index contributed by atoms with van der Waals surface area (Å²) < 4.78 is 4.94. The molecule has 9 rings (SSSR count). The largest absolute Gasteiger partial charge is 0.472 e. The monoisotopic (exact) mass is 1330 g/mol. The lowest BCUT2D eigenvalue weighted by atomic mass is 9.85. The Morgan fingerprint density at radius 2 is 0.722 bits per heavy atom. The number of hydrogen-bond acceptors (Lipinski definition) is 2. The zero-order valence-corrected chi connectivity index (χ0v) is 64.6. The van der Waals surface area contributed by atoms with Crippen LogP contribution < -0.4 is 0 Å². The van der Waals surface area contributed by atoms with E-state index < -0.39 is 0 Å². The molecule has 0 amide bonds. The first-order chi connectivity index (χ1) is 41.0. The SMILES string of the molecule is CC(C)(C)c1ccc(Cl)c(Cl)c1.CC(C)(C)c1ccc(Cl)cc1Cl.CC(C)(C)c1ccc2ccccc2c1.CC(C)(C)c1ccccc1.CC(C)(C)c1ccoc1.CC(C)(C)c1ccsc1.Cc1ccc(C(C)(C)C)cc1C.Cc1ccc(C(C)(C)C)cc1Cl. The fourth-order valence-corrected chi connectivity index (χ4v) is 10.4. The smallest absolute Gasteiger partial charge is 0.0939 e. The zero-order chi connectivity index (χ0) is 69.0. The van der Waals surface area contributed by atoms with Gasteiger partial charge in [0, 0.05) is 15.1 Å². The number of hydrogen-bond donors (Lipinski definition) is 0. The summed E-state index contributed by atoms with van der Waals surface area (Å²) in [7, 11) is 0. The minimum absolute atomic E-state index is 0.0850. The van der Waals surface area contributed by atoms with Crippen LogP contribution >= 0.6 is 69.3 Å². The predicted molar refractivity (Wildman–Crippen MR) is 408 cm³/mol. The normalized spacial score (nSPS) is 11.8. The Labute approximate surface area is 577 Å². The summed E-state index contributed by atoms with van der Waals surface area (Å²) >= 11 is 31.3. The number of furan rings is 1. The minimum Gasteiger partial charge on any atom is -0.472 e. The second kappa shape index (κ2) is 34.9. The van der Waals surface area contributed by atoms with Gasteiger partial charge in [0.2, 0.25) is 0 Å². The third kappa shape index (κ3) is 29.9. The molecule has 2 heterocycles. The molecule has 90 heavy (non-hydrogen) atoms. The maximum absolute atomic E-state index is 6.03. The van der Waals surface area contributed by atoms with E-state index in [4.69, 9.17) is 62.4 Å². The molecule has 2 aromatic heterocycles. The van der Waals surface area contributed by atoms with E-state index in [1.165, 1.54) is 60.8 Å². The van der Waals surface area contributed by atoms with Crippen LogP contribution in [0.5, 0.6) is 0 Å². The van der Waals surface area contributed by atoms with Crippen molar-refractivity contribution in [3.05, 3.63) is 267 Å². The van der Waals surface area contributed by atoms with Crippen LogP contribution in [0.4, 0.5) is 0 Å². The van der Waals surface area contributed by atoms with Crippen LogP contribution in [-0.4, -0.2) is 0 Å². The Kier molecular flexibility index (Phi) is 31.6. The van der Waals surface area contributed by atoms with E-state index in [0.29, 0.717) is 25.9 Å². The lowest BCUT2D eigenvalue weighted by Crippen LogP contribution is -2.11. The molecule has 1 nitrogen and oxygen atoms in total. The van der Waals surface area contributed by atoms with Crippen molar-refractivity contribution in [1.82, 2.24) is 0 Å². The Bertz CT molecular complexity index is 3320. The molecular formula is C83H111Cl5OS. The second-order valence-electron chi connectivity index (χ2n) is 31.5. The van der Waals surface area contributed by atoms with Crippen LogP contribution in [0.2, 0.25) is 25.1 Å². The van der Waals surface area contributed by atoms with Gasteiger partial charge in [-0.25, -0.2) is 0 Å². The highest BCUT2D eigenvalue weighted by Gasteiger charge is 2.20. The topological polar surface area (TPSA) is 13.1 Å². The van der Waals surface area contributed by atoms with E-state index in [-0.39, 0.29) is 32.5 Å². The van der Waals surface area contributed by atoms with Gasteiger partial charge in [0.25, 0.3) is 0 Å². The summed E-state index contributed by atoms with van der Waals surface area (Å²) in [5.74, 6) is 0. The van der Waals surface area contributed by atoms with Crippen molar-refractivity contribution < 1.29 is 4.42 Å². The number of fused-ring (bicyclic) bond motifs is 1. The van der Waals surface area contributed by atoms with E-state index in [0.717, 1.165) is 21.2 Å². The van der Waals surface area contributed by atoms with Gasteiger partial charge in [-0.05, 0) is 189 Å². The Hall–Kier alpha value is -4.77. The van der Waals surface area contributed by atoms with Gasteiger partial charge in [-0.1, -0.05) is 339 Å². The number of halogens is 5. The highest BCUT2D eigenvalue weighted by Crippen LogP contribution is 2.33. The number of thiophene rings is 1. The molecule has 0 radical (unpaired) electrons. The summed E-state index contributed by atoms with van der Waals surface area (Å²) in [4.78, 5) is 0. The summed E-state index contributed by atoms with van der Waals surface area (Å²) in [5, 5.41) is 10.5. The summed E-state index contributed by atoms with van der Waals surface area (Å²) in [6.07, 6.45) is 3.50. The van der Waals surface area contributed by atoms with Crippen LogP contribution in [0.1, 0.15) is 227 Å². The highest BCUT2D eigenvalue weighted by atomic mass is 35.5. The van der Waals surface area contributed by atoms with Crippen LogP contribution in [0.25, 0.3) is 10.8 Å². The van der Waals surface area contributed by atoms with Gasteiger partial charge in [0.15, 0.2) is 0 Å². The van der Waals surface area contributed by atoms with Gasteiger partial charge in [0.1, 0.15) is 0 Å². The first-order valence-electron chi connectivity index (χ1n) is 31.4. The molecular weight excluding hydrogens is 1220 g/mol. The molecule has 7 heteroatoms. The number of aryl methyl sites for hydroxylation is 3. The maximum atomic E-state index is 6.03. The highest BCUT2D eigenvalue weighted by molar-refractivity contribution is 7.08. The fourth-order valence-electron chi connectivity index (χ4n) is 8.30. The average molecular weight is 1330 g/mol. The molecule has 0 fully saturated rings. The lowest BCUT2D eigenvalue weighted by molar-refractivity contribution is 0.537. The number of benzene rings is 7. The zero-order valence-electron chi connectivity index (χ0n) is 60.0. The third-order valence-electron chi connectivity index (χ3n) is 15.0. The fraction of sp³-hybridized carbons (Fsp3) is 0.422. The number of rotatable bonds is 0. The molecule has 7 aromatic carbocycles. The van der Waals surface area contributed by atoms with Crippen molar-refractivity contribution in [2.24, 2.45) is 0 Å². The quantitative estimate of drug-likeness (QED) is 0.147. The van der Waals surface area contributed by atoms with Gasteiger partial charge < -0.3 is 4.42 Å². The molecule has 0 aliphatic heterocycles. The van der Waals surface area contributed by atoms with E-state index in [2.05, 4.69) is 306 Å². The van der Waals surface area contributed by atoms with Gasteiger partial charge in [-0.15, -0.1) is 0 Å². The molecule has 0 spiro atoms. The van der Waals surface area contributed by atoms with Gasteiger partial charge >= 0.3 is 0 Å². The molecule has 0 aliphatic rings.